The number of amides is 2. The number of rotatable bonds is 4. The molecule has 3 atom stereocenters. The average Bonchev–Trinajstić information content (AvgIpc) is 3.11. The smallest absolute Gasteiger partial charge is 0.227 e. The van der Waals surface area contributed by atoms with E-state index in [-0.39, 0.29) is 42.1 Å². The molecule has 1 heterocycles. The molecular weight excluding hydrogens is 373 g/mol. The van der Waals surface area contributed by atoms with E-state index in [1.165, 1.54) is 0 Å². The summed E-state index contributed by atoms with van der Waals surface area (Å²) >= 11 is 6.16. The first-order valence-electron chi connectivity index (χ1n) is 8.92. The van der Waals surface area contributed by atoms with Crippen LogP contribution in [0, 0.1) is 5.92 Å². The summed E-state index contributed by atoms with van der Waals surface area (Å²) in [7, 11) is 3.50. The third-order valence-electron chi connectivity index (χ3n) is 5.50. The number of carbonyl (C=O) groups excluding carboxylic acids is 2. The van der Waals surface area contributed by atoms with Crippen LogP contribution in [0.2, 0.25) is 5.02 Å². The maximum absolute atomic E-state index is 12.9. The van der Waals surface area contributed by atoms with Crippen LogP contribution in [0.4, 0.5) is 5.69 Å². The Balaban J connectivity index is 0.00000243. The molecule has 2 N–H and O–H groups in total. The molecule has 1 fully saturated rings. The number of nitrogens with zero attached hydrogens (tertiary/aromatic N) is 2. The van der Waals surface area contributed by atoms with Crippen molar-refractivity contribution >= 4 is 41.5 Å². The molecule has 2 amide bonds. The molecule has 2 aliphatic rings. The summed E-state index contributed by atoms with van der Waals surface area (Å²) in [5.41, 5.74) is 8.01. The molecule has 3 rings (SSSR count). The van der Waals surface area contributed by atoms with E-state index in [9.17, 15) is 9.59 Å². The van der Waals surface area contributed by atoms with E-state index in [0.29, 0.717) is 24.4 Å². The Kier molecular flexibility index (Phi) is 6.94. The molecule has 5 nitrogen and oxygen atoms in total. The first kappa shape index (κ1) is 21.0. The van der Waals surface area contributed by atoms with E-state index in [0.717, 1.165) is 30.5 Å². The fourth-order valence-corrected chi connectivity index (χ4v) is 4.15. The lowest BCUT2D eigenvalue weighted by atomic mass is 9.97. The number of anilines is 1. The highest BCUT2D eigenvalue weighted by Crippen LogP contribution is 2.41. The van der Waals surface area contributed by atoms with E-state index in [1.807, 2.05) is 17.0 Å². The van der Waals surface area contributed by atoms with Gasteiger partial charge >= 0.3 is 0 Å². The van der Waals surface area contributed by atoms with Crippen molar-refractivity contribution in [2.45, 2.75) is 44.1 Å². The van der Waals surface area contributed by atoms with E-state index >= 15 is 0 Å². The summed E-state index contributed by atoms with van der Waals surface area (Å²) in [4.78, 5) is 28.5. The lowest BCUT2D eigenvalue weighted by molar-refractivity contribution is -0.129. The van der Waals surface area contributed by atoms with E-state index in [4.69, 9.17) is 17.3 Å². The fraction of sp³-hybridized carbons (Fsp3) is 0.579. The monoisotopic (exact) mass is 399 g/mol. The Morgan fingerprint density at radius 2 is 2.00 bits per heavy atom. The summed E-state index contributed by atoms with van der Waals surface area (Å²) in [5.74, 6) is 0.421. The van der Waals surface area contributed by atoms with Gasteiger partial charge in [-0.15, -0.1) is 12.4 Å². The summed E-state index contributed by atoms with van der Waals surface area (Å²) in [6.07, 6.45) is 4.00. The van der Waals surface area contributed by atoms with Crippen LogP contribution in [0.3, 0.4) is 0 Å². The maximum atomic E-state index is 12.9. The molecule has 1 aromatic carbocycles. The second kappa shape index (κ2) is 8.59. The molecule has 1 aliphatic heterocycles. The number of hydrogen-bond acceptors (Lipinski definition) is 3. The molecule has 0 saturated heterocycles. The van der Waals surface area contributed by atoms with Gasteiger partial charge in [0.1, 0.15) is 0 Å². The van der Waals surface area contributed by atoms with Crippen LogP contribution in [0.15, 0.2) is 18.2 Å². The topological polar surface area (TPSA) is 66.6 Å². The largest absolute Gasteiger partial charge is 0.349 e. The third kappa shape index (κ3) is 4.33. The van der Waals surface area contributed by atoms with Crippen molar-refractivity contribution < 1.29 is 9.59 Å². The predicted octanol–water partition coefficient (Wildman–Crippen LogP) is 3.19. The van der Waals surface area contributed by atoms with Crippen molar-refractivity contribution in [1.82, 2.24) is 4.90 Å². The molecule has 0 bridgehead atoms. The Labute approximate surface area is 166 Å². The van der Waals surface area contributed by atoms with E-state index < -0.39 is 0 Å². The van der Waals surface area contributed by atoms with Crippen molar-refractivity contribution in [2.75, 3.05) is 25.5 Å². The van der Waals surface area contributed by atoms with Gasteiger partial charge < -0.3 is 15.5 Å². The molecule has 1 unspecified atom stereocenters. The van der Waals surface area contributed by atoms with Crippen LogP contribution >= 0.6 is 24.0 Å². The second-order valence-electron chi connectivity index (χ2n) is 7.46. The van der Waals surface area contributed by atoms with Gasteiger partial charge in [0.25, 0.3) is 0 Å². The van der Waals surface area contributed by atoms with Gasteiger partial charge in [0, 0.05) is 56.2 Å². The van der Waals surface area contributed by atoms with Crippen LogP contribution in [0.25, 0.3) is 0 Å². The Morgan fingerprint density at radius 3 is 2.62 bits per heavy atom. The minimum atomic E-state index is -0.00944. The van der Waals surface area contributed by atoms with Gasteiger partial charge in [0.05, 0.1) is 0 Å². The maximum Gasteiger partial charge on any atom is 0.227 e. The quantitative estimate of drug-likeness (QED) is 0.844. The Bertz CT molecular complexity index is 681. The normalized spacial score (nSPS) is 24.2. The molecule has 1 aromatic rings. The zero-order valence-corrected chi connectivity index (χ0v) is 16.9. The molecular formula is C19H27Cl2N3O2. The van der Waals surface area contributed by atoms with Gasteiger partial charge in [-0.1, -0.05) is 18.0 Å². The predicted molar refractivity (Wildman–Crippen MR) is 107 cm³/mol. The van der Waals surface area contributed by atoms with Crippen LogP contribution < -0.4 is 10.6 Å². The molecule has 144 valence electrons. The lowest BCUT2D eigenvalue weighted by Crippen LogP contribution is -2.35. The van der Waals surface area contributed by atoms with Crippen LogP contribution in [0.1, 0.15) is 43.6 Å². The first-order valence-corrected chi connectivity index (χ1v) is 9.30. The standard InChI is InChI=1S/C19H26ClN3O2.ClH/c1-22(2)18(24)9-13-11-23(17-7-6-14(20)10-15(13)17)19(25)8-12-4-3-5-16(12)21;/h6-7,10,12-13,16H,3-5,8-9,11,21H2,1-2H3;1H/t12-,13?,16+;/m0./s1. The van der Waals surface area contributed by atoms with Crippen molar-refractivity contribution in [3.05, 3.63) is 28.8 Å². The van der Waals surface area contributed by atoms with E-state index in [1.54, 1.807) is 25.1 Å². The van der Waals surface area contributed by atoms with Gasteiger partial charge in [-0.2, -0.15) is 0 Å². The molecule has 0 aromatic heterocycles. The van der Waals surface area contributed by atoms with Gasteiger partial charge in [-0.05, 0) is 42.5 Å². The van der Waals surface area contributed by atoms with Crippen molar-refractivity contribution in [3.63, 3.8) is 0 Å². The fourth-order valence-electron chi connectivity index (χ4n) is 3.97. The molecule has 1 aliphatic carbocycles. The van der Waals surface area contributed by atoms with Gasteiger partial charge in [-0.3, -0.25) is 9.59 Å². The number of benzene rings is 1. The molecule has 7 heteroatoms. The zero-order valence-electron chi connectivity index (χ0n) is 15.3. The molecule has 1 saturated carbocycles. The minimum absolute atomic E-state index is 0. The summed E-state index contributed by atoms with van der Waals surface area (Å²) < 4.78 is 0. The highest BCUT2D eigenvalue weighted by Gasteiger charge is 2.36. The highest BCUT2D eigenvalue weighted by molar-refractivity contribution is 6.30. The lowest BCUT2D eigenvalue weighted by Gasteiger charge is -2.22. The summed E-state index contributed by atoms with van der Waals surface area (Å²) in [6.45, 7) is 0.538. The zero-order chi connectivity index (χ0) is 18.1. The van der Waals surface area contributed by atoms with E-state index in [2.05, 4.69) is 0 Å². The molecule has 0 radical (unpaired) electrons. The van der Waals surface area contributed by atoms with Gasteiger partial charge in [0.15, 0.2) is 0 Å². The average molecular weight is 400 g/mol. The van der Waals surface area contributed by atoms with Crippen molar-refractivity contribution in [2.24, 2.45) is 11.7 Å². The number of nitrogens with two attached hydrogens (primary N) is 1. The third-order valence-corrected chi connectivity index (χ3v) is 5.73. The van der Waals surface area contributed by atoms with Crippen LogP contribution in [-0.2, 0) is 9.59 Å². The number of hydrogen-bond donors (Lipinski definition) is 1. The van der Waals surface area contributed by atoms with Crippen molar-refractivity contribution in [1.29, 1.82) is 0 Å². The highest BCUT2D eigenvalue weighted by atomic mass is 35.5. The number of halogens is 2. The second-order valence-corrected chi connectivity index (χ2v) is 7.89. The minimum Gasteiger partial charge on any atom is -0.349 e. The first-order chi connectivity index (χ1) is 11.9. The van der Waals surface area contributed by atoms with Crippen molar-refractivity contribution in [3.8, 4) is 0 Å². The molecule has 0 spiro atoms. The van der Waals surface area contributed by atoms with Gasteiger partial charge in [-0.25, -0.2) is 0 Å². The molecule has 26 heavy (non-hydrogen) atoms. The summed E-state index contributed by atoms with van der Waals surface area (Å²) in [6, 6.07) is 5.71. The van der Waals surface area contributed by atoms with Crippen LogP contribution in [-0.4, -0.2) is 43.4 Å². The van der Waals surface area contributed by atoms with Gasteiger partial charge in [0.2, 0.25) is 11.8 Å². The van der Waals surface area contributed by atoms with Crippen LogP contribution in [0.5, 0.6) is 0 Å². The SMILES string of the molecule is CN(C)C(=O)CC1CN(C(=O)C[C@@H]2CCC[C@H]2N)c2ccc(Cl)cc21.Cl. The Morgan fingerprint density at radius 1 is 1.27 bits per heavy atom. The number of fused-ring (bicyclic) bond motifs is 1. The Hall–Kier alpha value is -1.30. The summed E-state index contributed by atoms with van der Waals surface area (Å²) in [5, 5.41) is 0.633. The number of carbonyl (C=O) groups is 2.